The van der Waals surface area contributed by atoms with E-state index in [0.717, 1.165) is 17.8 Å². The molecule has 0 aromatic carbocycles. The smallest absolute Gasteiger partial charge is 0.242 e. The van der Waals surface area contributed by atoms with Gasteiger partial charge in [0, 0.05) is 17.5 Å². The van der Waals surface area contributed by atoms with Crippen LogP contribution in [-0.2, 0) is 16.6 Å². The Morgan fingerprint density at radius 1 is 1.53 bits per heavy atom. The molecule has 0 radical (unpaired) electrons. The minimum atomic E-state index is -3.42. The highest BCUT2D eigenvalue weighted by atomic mass is 79.9. The first-order valence-corrected chi connectivity index (χ1v) is 9.37. The van der Waals surface area contributed by atoms with Crippen LogP contribution in [0.2, 0.25) is 0 Å². The van der Waals surface area contributed by atoms with Crippen LogP contribution in [0.15, 0.2) is 14.7 Å². The van der Waals surface area contributed by atoms with Gasteiger partial charge in [-0.05, 0) is 40.4 Å². The number of nitrogens with one attached hydrogen (secondary N) is 2. The number of sulfonamides is 1. The first-order valence-electron chi connectivity index (χ1n) is 6.27. The van der Waals surface area contributed by atoms with Crippen LogP contribution in [-0.4, -0.2) is 21.0 Å². The molecule has 1 aromatic heterocycles. The van der Waals surface area contributed by atoms with E-state index in [0.29, 0.717) is 15.2 Å². The predicted octanol–water partition coefficient (Wildman–Crippen LogP) is 2.70. The van der Waals surface area contributed by atoms with Crippen molar-refractivity contribution in [2.24, 2.45) is 5.41 Å². The van der Waals surface area contributed by atoms with E-state index in [9.17, 15) is 8.42 Å². The third kappa shape index (κ3) is 3.58. The molecule has 0 spiro atoms. The topological polar surface area (TPSA) is 58.2 Å². The van der Waals surface area contributed by atoms with Gasteiger partial charge < -0.3 is 5.32 Å². The second kappa shape index (κ2) is 5.44. The van der Waals surface area contributed by atoms with Crippen molar-refractivity contribution in [2.45, 2.75) is 44.7 Å². The fraction of sp³-hybridized carbons (Fsp3) is 0.667. The minimum absolute atomic E-state index is 0.0570. The summed E-state index contributed by atoms with van der Waals surface area (Å²) < 4.78 is 28.1. The molecule has 2 N–H and O–H groups in total. The lowest BCUT2D eigenvalue weighted by Crippen LogP contribution is -2.28. The van der Waals surface area contributed by atoms with Crippen LogP contribution in [0.1, 0.15) is 32.1 Å². The summed E-state index contributed by atoms with van der Waals surface area (Å²) in [5.74, 6) is 0. The monoisotopic (exact) mass is 366 g/mol. The molecule has 0 amide bonds. The van der Waals surface area contributed by atoms with E-state index in [4.69, 9.17) is 0 Å². The Kier molecular flexibility index (Phi) is 4.42. The molecular weight excluding hydrogens is 348 g/mol. The fourth-order valence-electron chi connectivity index (χ4n) is 1.84. The highest BCUT2D eigenvalue weighted by Crippen LogP contribution is 2.45. The largest absolute Gasteiger partial charge is 0.312 e. The van der Waals surface area contributed by atoms with Crippen LogP contribution >= 0.6 is 27.3 Å². The molecule has 1 unspecified atom stereocenters. The predicted molar refractivity (Wildman–Crippen MR) is 81.9 cm³/mol. The van der Waals surface area contributed by atoms with Crippen molar-refractivity contribution < 1.29 is 8.42 Å². The van der Waals surface area contributed by atoms with E-state index in [1.807, 2.05) is 6.92 Å². The highest BCUT2D eigenvalue weighted by Gasteiger charge is 2.48. The van der Waals surface area contributed by atoms with Gasteiger partial charge in [-0.15, -0.1) is 11.3 Å². The van der Waals surface area contributed by atoms with Crippen LogP contribution < -0.4 is 10.0 Å². The Bertz CT molecular complexity index is 566. The molecular formula is C12H19BrN2O2S2. The maximum Gasteiger partial charge on any atom is 0.242 e. The second-order valence-corrected chi connectivity index (χ2v) is 9.63. The summed E-state index contributed by atoms with van der Waals surface area (Å²) in [5, 5.41) is 3.20. The summed E-state index contributed by atoms with van der Waals surface area (Å²) in [5.41, 5.74) is 0.0855. The molecule has 19 heavy (non-hydrogen) atoms. The highest BCUT2D eigenvalue weighted by molar-refractivity contribution is 9.11. The molecule has 1 aliphatic rings. The van der Waals surface area contributed by atoms with Crippen molar-refractivity contribution >= 4 is 37.3 Å². The Labute approximate surface area is 127 Å². The second-order valence-electron chi connectivity index (χ2n) is 5.50. The molecule has 1 atom stereocenters. The van der Waals surface area contributed by atoms with Crippen LogP contribution in [0.3, 0.4) is 0 Å². The van der Waals surface area contributed by atoms with Crippen molar-refractivity contribution in [3.05, 3.63) is 14.7 Å². The van der Waals surface area contributed by atoms with Gasteiger partial charge in [0.2, 0.25) is 10.0 Å². The molecule has 4 nitrogen and oxygen atoms in total. The zero-order valence-electron chi connectivity index (χ0n) is 11.3. The van der Waals surface area contributed by atoms with E-state index in [-0.39, 0.29) is 11.5 Å². The van der Waals surface area contributed by atoms with Gasteiger partial charge in [0.15, 0.2) is 0 Å². The van der Waals surface area contributed by atoms with Crippen LogP contribution in [0.25, 0.3) is 0 Å². The summed E-state index contributed by atoms with van der Waals surface area (Å²) in [6.45, 7) is 7.73. The first kappa shape index (κ1) is 15.4. The first-order chi connectivity index (χ1) is 8.76. The lowest BCUT2D eigenvalue weighted by molar-refractivity contribution is 0.555. The quantitative estimate of drug-likeness (QED) is 0.813. The summed E-state index contributed by atoms with van der Waals surface area (Å²) in [7, 11) is -3.42. The van der Waals surface area contributed by atoms with E-state index < -0.39 is 10.0 Å². The van der Waals surface area contributed by atoms with Gasteiger partial charge in [-0.1, -0.05) is 20.8 Å². The fourth-order valence-corrected chi connectivity index (χ4v) is 5.90. The maximum atomic E-state index is 12.3. The molecule has 1 saturated carbocycles. The SMILES string of the molecule is CCNCc1cc(S(=O)(=O)NC2CC2(C)C)c(Br)s1. The summed E-state index contributed by atoms with van der Waals surface area (Å²) in [4.78, 5) is 1.37. The lowest BCUT2D eigenvalue weighted by Gasteiger charge is -2.07. The Morgan fingerprint density at radius 2 is 2.16 bits per heavy atom. The Balaban J connectivity index is 2.14. The van der Waals surface area contributed by atoms with Crippen molar-refractivity contribution in [1.82, 2.24) is 10.0 Å². The minimum Gasteiger partial charge on any atom is -0.312 e. The summed E-state index contributed by atoms with van der Waals surface area (Å²) in [6, 6.07) is 1.80. The van der Waals surface area contributed by atoms with Crippen molar-refractivity contribution in [1.29, 1.82) is 0 Å². The van der Waals surface area contributed by atoms with Gasteiger partial charge in [0.05, 0.1) is 3.79 Å². The average Bonchev–Trinajstić information content (AvgIpc) is 2.72. The number of hydrogen-bond donors (Lipinski definition) is 2. The molecule has 1 heterocycles. The molecule has 1 aliphatic carbocycles. The van der Waals surface area contributed by atoms with Gasteiger partial charge in [-0.2, -0.15) is 0 Å². The van der Waals surface area contributed by atoms with Gasteiger partial charge in [0.1, 0.15) is 4.90 Å². The van der Waals surface area contributed by atoms with Crippen LogP contribution in [0, 0.1) is 5.41 Å². The Morgan fingerprint density at radius 3 is 2.68 bits per heavy atom. The number of rotatable bonds is 6. The maximum absolute atomic E-state index is 12.3. The molecule has 2 rings (SSSR count). The van der Waals surface area contributed by atoms with E-state index >= 15 is 0 Å². The van der Waals surface area contributed by atoms with Gasteiger partial charge in [-0.25, -0.2) is 13.1 Å². The third-order valence-corrected chi connectivity index (χ3v) is 7.08. The lowest BCUT2D eigenvalue weighted by atomic mass is 10.2. The van der Waals surface area contributed by atoms with Crippen LogP contribution in [0.4, 0.5) is 0 Å². The van der Waals surface area contributed by atoms with Gasteiger partial charge in [0.25, 0.3) is 0 Å². The molecule has 0 saturated heterocycles. The zero-order chi connectivity index (χ0) is 14.3. The molecule has 7 heteroatoms. The molecule has 108 valence electrons. The van der Waals surface area contributed by atoms with Gasteiger partial charge in [-0.3, -0.25) is 0 Å². The van der Waals surface area contributed by atoms with Crippen LogP contribution in [0.5, 0.6) is 0 Å². The van der Waals surface area contributed by atoms with Gasteiger partial charge >= 0.3 is 0 Å². The summed E-state index contributed by atoms with van der Waals surface area (Å²) >= 11 is 4.82. The molecule has 0 bridgehead atoms. The van der Waals surface area contributed by atoms with E-state index in [1.165, 1.54) is 11.3 Å². The van der Waals surface area contributed by atoms with E-state index in [1.54, 1.807) is 6.07 Å². The number of hydrogen-bond acceptors (Lipinski definition) is 4. The third-order valence-electron chi connectivity index (χ3n) is 3.36. The standard InChI is InChI=1S/C12H19BrN2O2S2/c1-4-14-7-8-5-9(11(13)18-8)19(16,17)15-10-6-12(10,2)3/h5,10,14-15H,4,6-7H2,1-3H3. The normalized spacial score (nSPS) is 21.6. The number of thiophene rings is 1. The average molecular weight is 367 g/mol. The zero-order valence-corrected chi connectivity index (χ0v) is 14.5. The van der Waals surface area contributed by atoms with Crippen molar-refractivity contribution in [3.63, 3.8) is 0 Å². The van der Waals surface area contributed by atoms with E-state index in [2.05, 4.69) is 39.8 Å². The van der Waals surface area contributed by atoms with Crippen molar-refractivity contribution in [2.75, 3.05) is 6.54 Å². The number of halogens is 1. The molecule has 1 aromatic rings. The Hall–Kier alpha value is 0.0500. The molecule has 0 aliphatic heterocycles. The molecule has 1 fully saturated rings. The van der Waals surface area contributed by atoms with Crippen molar-refractivity contribution in [3.8, 4) is 0 Å². The summed E-state index contributed by atoms with van der Waals surface area (Å²) in [6.07, 6.45) is 0.901.